The number of H-pyrrole nitrogens is 1. The average Bonchev–Trinajstić information content (AvgIpc) is 3.69. The number of benzene rings is 2. The molecule has 0 bridgehead atoms. The number of pyridine rings is 2. The number of halogens is 1. The van der Waals surface area contributed by atoms with Crippen molar-refractivity contribution in [2.24, 2.45) is 0 Å². The van der Waals surface area contributed by atoms with E-state index in [1.54, 1.807) is 18.3 Å². The van der Waals surface area contributed by atoms with Crippen LogP contribution >= 0.6 is 0 Å². The van der Waals surface area contributed by atoms with Crippen molar-refractivity contribution in [3.05, 3.63) is 105 Å². The van der Waals surface area contributed by atoms with Crippen molar-refractivity contribution in [2.45, 2.75) is 85.0 Å². The molecule has 320 valence electrons. The molecule has 0 spiro atoms. The van der Waals surface area contributed by atoms with E-state index in [-0.39, 0.29) is 48.7 Å². The molecule has 61 heavy (non-hydrogen) atoms. The monoisotopic (exact) mass is 830 g/mol. The number of fused-ring (bicyclic) bond motifs is 1. The smallest absolute Gasteiger partial charge is 0.328 e. The molecule has 3 aromatic heterocycles. The van der Waals surface area contributed by atoms with Crippen LogP contribution in [0.1, 0.15) is 85.2 Å². The first kappa shape index (κ1) is 41.8. The van der Waals surface area contributed by atoms with Crippen LogP contribution in [0.3, 0.4) is 0 Å². The number of hydrogen-bond acceptors (Lipinski definition) is 9. The summed E-state index contributed by atoms with van der Waals surface area (Å²) in [6.45, 7) is 14.3. The number of aromatic nitrogens is 4. The highest BCUT2D eigenvalue weighted by atomic mass is 19.1. The molecular formula is C46H55FN10O4. The maximum absolute atomic E-state index is 15.2. The van der Waals surface area contributed by atoms with Crippen molar-refractivity contribution in [1.82, 2.24) is 40.2 Å². The van der Waals surface area contributed by atoms with Gasteiger partial charge in [0.25, 0.3) is 11.5 Å². The fraction of sp³-hybridized carbons (Fsp3) is 0.435. The van der Waals surface area contributed by atoms with E-state index in [1.807, 2.05) is 29.9 Å². The average molecular weight is 831 g/mol. The number of hydrogen-bond donors (Lipinski definition) is 3. The lowest BCUT2D eigenvalue weighted by Crippen LogP contribution is -2.53. The fourth-order valence-corrected chi connectivity index (χ4v) is 9.03. The van der Waals surface area contributed by atoms with E-state index in [0.29, 0.717) is 35.0 Å². The molecule has 0 atom stereocenters. The third-order valence-corrected chi connectivity index (χ3v) is 12.3. The molecule has 3 aliphatic heterocycles. The molecule has 5 aromatic rings. The quantitative estimate of drug-likeness (QED) is 0.139. The Morgan fingerprint density at radius 3 is 2.39 bits per heavy atom. The number of carbonyl (C=O) groups excluding carboxylic acids is 3. The van der Waals surface area contributed by atoms with E-state index in [9.17, 15) is 19.2 Å². The Morgan fingerprint density at radius 1 is 0.918 bits per heavy atom. The summed E-state index contributed by atoms with van der Waals surface area (Å²) in [5.74, 6) is -0.0107. The van der Waals surface area contributed by atoms with Crippen LogP contribution in [-0.4, -0.2) is 99.2 Å². The maximum atomic E-state index is 15.2. The summed E-state index contributed by atoms with van der Waals surface area (Å²) in [7, 11) is 0. The highest BCUT2D eigenvalue weighted by Gasteiger charge is 2.29. The number of piperidine rings is 1. The molecule has 3 N–H and O–H groups in total. The second-order valence-electron chi connectivity index (χ2n) is 16.8. The molecule has 2 aromatic carbocycles. The van der Waals surface area contributed by atoms with Gasteiger partial charge in [-0.2, -0.15) is 5.10 Å². The number of carbonyl (C=O) groups is 3. The topological polar surface area (TPSA) is 152 Å². The van der Waals surface area contributed by atoms with Crippen LogP contribution in [0.4, 0.5) is 20.7 Å². The molecule has 3 aliphatic rings. The number of anilines is 2. The zero-order valence-corrected chi connectivity index (χ0v) is 35.5. The van der Waals surface area contributed by atoms with Crippen molar-refractivity contribution < 1.29 is 18.8 Å². The standard InChI is InChI=1S/C46H55FN10O4/c1-5-6-31-21-30(4)51-45(60)38(31)26-49-44(59)37-22-34(23-41-39(37)27-50-57(41)29(2)3)32-8-10-42(48-25-32)55-19-17-54(18-20-55)35-11-14-53(15-12-35)28-33-7-9-36(24-40(33)47)56-16-13-43(58)52-46(56)61/h7-10,21-25,27,29,35H,5-6,11-20,26,28H2,1-4H3,(H,49,59)(H,51,60)(H,52,58,61). The fourth-order valence-electron chi connectivity index (χ4n) is 9.03. The van der Waals surface area contributed by atoms with Crippen molar-refractivity contribution in [3.8, 4) is 11.1 Å². The summed E-state index contributed by atoms with van der Waals surface area (Å²) in [5, 5.41) is 10.7. The summed E-state index contributed by atoms with van der Waals surface area (Å²) in [4.78, 5) is 66.9. The van der Waals surface area contributed by atoms with Gasteiger partial charge in [0.2, 0.25) is 5.91 Å². The molecule has 14 nitrogen and oxygen atoms in total. The number of rotatable bonds is 12. The summed E-state index contributed by atoms with van der Waals surface area (Å²) >= 11 is 0. The first-order chi connectivity index (χ1) is 29.4. The van der Waals surface area contributed by atoms with Gasteiger partial charge in [0, 0.05) is 104 Å². The van der Waals surface area contributed by atoms with Crippen LogP contribution in [-0.2, 0) is 24.3 Å². The molecule has 0 saturated carbocycles. The maximum Gasteiger partial charge on any atom is 0.328 e. The van der Waals surface area contributed by atoms with Gasteiger partial charge >= 0.3 is 6.03 Å². The third kappa shape index (κ3) is 9.08. The third-order valence-electron chi connectivity index (χ3n) is 12.3. The molecule has 8 rings (SSSR count). The predicted octanol–water partition coefficient (Wildman–Crippen LogP) is 5.93. The lowest BCUT2D eigenvalue weighted by Gasteiger charge is -2.43. The molecule has 15 heteroatoms. The Labute approximate surface area is 355 Å². The second-order valence-corrected chi connectivity index (χ2v) is 16.8. The number of urea groups is 1. The summed E-state index contributed by atoms with van der Waals surface area (Å²) in [5.41, 5.74) is 6.33. The highest BCUT2D eigenvalue weighted by Crippen LogP contribution is 2.31. The van der Waals surface area contributed by atoms with Gasteiger partial charge in [0.15, 0.2) is 0 Å². The SMILES string of the molecule is CCCc1cc(C)[nH]c(=O)c1CNC(=O)c1cc(-c2ccc(N3CCN(C4CCN(Cc5ccc(N6CCC(=O)NC6=O)cc5F)CC4)CC3)nc2)cc2c1cnn2C(C)C. The molecule has 3 saturated heterocycles. The van der Waals surface area contributed by atoms with Crippen LogP contribution in [0.25, 0.3) is 22.0 Å². The van der Waals surface area contributed by atoms with Crippen molar-refractivity contribution >= 4 is 40.3 Å². The van der Waals surface area contributed by atoms with Crippen LogP contribution < -0.4 is 26.0 Å². The molecule has 3 fully saturated rings. The zero-order valence-electron chi connectivity index (χ0n) is 35.5. The molecular weight excluding hydrogens is 776 g/mol. The van der Waals surface area contributed by atoms with Crippen LogP contribution in [0, 0.1) is 12.7 Å². The highest BCUT2D eigenvalue weighted by molar-refractivity contribution is 6.08. The molecule has 0 aliphatic carbocycles. The number of nitrogens with zero attached hydrogens (tertiary/aromatic N) is 7. The second kappa shape index (κ2) is 18.0. The molecule has 6 heterocycles. The molecule has 0 radical (unpaired) electrons. The van der Waals surface area contributed by atoms with Gasteiger partial charge < -0.3 is 15.2 Å². The van der Waals surface area contributed by atoms with Gasteiger partial charge in [-0.1, -0.05) is 19.4 Å². The first-order valence-electron chi connectivity index (χ1n) is 21.5. The van der Waals surface area contributed by atoms with Crippen molar-refractivity contribution in [1.29, 1.82) is 0 Å². The van der Waals surface area contributed by atoms with Crippen molar-refractivity contribution in [2.75, 3.05) is 55.6 Å². The predicted molar refractivity (Wildman–Crippen MR) is 234 cm³/mol. The first-order valence-corrected chi connectivity index (χ1v) is 21.5. The number of aryl methyl sites for hydroxylation is 2. The van der Waals surface area contributed by atoms with E-state index in [4.69, 9.17) is 4.98 Å². The van der Waals surface area contributed by atoms with Gasteiger partial charge in [-0.3, -0.25) is 39.1 Å². The number of piperazine rings is 1. The van der Waals surface area contributed by atoms with E-state index in [0.717, 1.165) is 104 Å². The Kier molecular flexibility index (Phi) is 12.3. The number of imide groups is 1. The normalized spacial score (nSPS) is 17.1. The Morgan fingerprint density at radius 2 is 1.70 bits per heavy atom. The summed E-state index contributed by atoms with van der Waals surface area (Å²) in [6, 6.07) is 15.0. The zero-order chi connectivity index (χ0) is 42.8. The van der Waals surface area contributed by atoms with E-state index in [1.165, 1.54) is 11.0 Å². The van der Waals surface area contributed by atoms with Gasteiger partial charge in [-0.15, -0.1) is 0 Å². The molecule has 4 amide bonds. The Balaban J connectivity index is 0.877. The van der Waals surface area contributed by atoms with Crippen LogP contribution in [0.15, 0.2) is 65.7 Å². The Hall–Kier alpha value is -5.93. The van der Waals surface area contributed by atoms with E-state index < -0.39 is 6.03 Å². The largest absolute Gasteiger partial charge is 0.354 e. The number of nitrogens with one attached hydrogen (secondary N) is 3. The Bertz CT molecular complexity index is 2480. The minimum atomic E-state index is -0.518. The minimum absolute atomic E-state index is 0.0828. The van der Waals surface area contributed by atoms with E-state index >= 15 is 4.39 Å². The minimum Gasteiger partial charge on any atom is -0.354 e. The van der Waals surface area contributed by atoms with Crippen molar-refractivity contribution in [3.63, 3.8) is 0 Å². The van der Waals surface area contributed by atoms with Gasteiger partial charge in [0.05, 0.1) is 17.3 Å². The lowest BCUT2D eigenvalue weighted by atomic mass is 10.00. The van der Waals surface area contributed by atoms with Gasteiger partial charge in [0.1, 0.15) is 11.6 Å². The van der Waals surface area contributed by atoms with Gasteiger partial charge in [-0.25, -0.2) is 14.2 Å². The van der Waals surface area contributed by atoms with Crippen LogP contribution in [0.5, 0.6) is 0 Å². The number of likely N-dealkylation sites (tertiary alicyclic amines) is 1. The number of amides is 4. The summed E-state index contributed by atoms with van der Waals surface area (Å²) < 4.78 is 17.1. The van der Waals surface area contributed by atoms with Crippen LogP contribution in [0.2, 0.25) is 0 Å². The molecule has 0 unspecified atom stereocenters. The number of aromatic amines is 1. The van der Waals surface area contributed by atoms with E-state index in [2.05, 4.69) is 74.4 Å². The summed E-state index contributed by atoms with van der Waals surface area (Å²) in [6.07, 6.45) is 7.49. The lowest BCUT2D eigenvalue weighted by molar-refractivity contribution is -0.120. The van der Waals surface area contributed by atoms with Gasteiger partial charge in [-0.05, 0) is 107 Å².